The molecule has 1 aromatic heterocycles. The van der Waals surface area contributed by atoms with Gasteiger partial charge in [-0.1, -0.05) is 6.07 Å². The Bertz CT molecular complexity index is 593. The third-order valence-electron chi connectivity index (χ3n) is 3.56. The summed E-state index contributed by atoms with van der Waals surface area (Å²) >= 11 is 0. The molecule has 1 aliphatic rings. The second-order valence-electron chi connectivity index (χ2n) is 4.74. The van der Waals surface area contributed by atoms with Gasteiger partial charge in [0, 0.05) is 5.56 Å². The Morgan fingerprint density at radius 1 is 1.00 bits per heavy atom. The van der Waals surface area contributed by atoms with E-state index in [1.165, 1.54) is 12.0 Å². The summed E-state index contributed by atoms with van der Waals surface area (Å²) < 4.78 is 0. The quantitative estimate of drug-likeness (QED) is 0.805. The van der Waals surface area contributed by atoms with Crippen molar-refractivity contribution in [2.24, 2.45) is 0 Å². The fraction of sp³-hybridized carbons (Fsp3) is 0.267. The molecule has 3 heteroatoms. The van der Waals surface area contributed by atoms with Crippen molar-refractivity contribution in [1.29, 1.82) is 0 Å². The average Bonchev–Trinajstić information content (AvgIpc) is 2.39. The molecule has 0 radical (unpaired) electrons. The van der Waals surface area contributed by atoms with Gasteiger partial charge < -0.3 is 10.8 Å². The van der Waals surface area contributed by atoms with E-state index in [0.717, 1.165) is 36.1 Å². The molecule has 1 heterocycles. The highest BCUT2D eigenvalue weighted by molar-refractivity contribution is 5.69. The van der Waals surface area contributed by atoms with Crippen molar-refractivity contribution in [2.75, 3.05) is 5.73 Å². The number of aromatic nitrogens is 1. The zero-order chi connectivity index (χ0) is 12.5. The van der Waals surface area contributed by atoms with Crippen LogP contribution in [0, 0.1) is 0 Å². The number of rotatable bonds is 1. The van der Waals surface area contributed by atoms with Gasteiger partial charge in [0.05, 0.1) is 5.69 Å². The van der Waals surface area contributed by atoms with Crippen LogP contribution in [0.15, 0.2) is 30.3 Å². The van der Waals surface area contributed by atoms with Gasteiger partial charge in [0.2, 0.25) is 0 Å². The molecule has 1 aliphatic carbocycles. The Morgan fingerprint density at radius 3 is 2.56 bits per heavy atom. The van der Waals surface area contributed by atoms with Crippen LogP contribution in [0.1, 0.15) is 24.0 Å². The van der Waals surface area contributed by atoms with Gasteiger partial charge in [-0.3, -0.25) is 0 Å². The van der Waals surface area contributed by atoms with Gasteiger partial charge in [-0.25, -0.2) is 4.98 Å². The number of benzene rings is 1. The first-order valence-electron chi connectivity index (χ1n) is 6.32. The van der Waals surface area contributed by atoms with E-state index in [1.807, 2.05) is 18.2 Å². The van der Waals surface area contributed by atoms with Crippen LogP contribution in [0.4, 0.5) is 5.82 Å². The highest BCUT2D eigenvalue weighted by atomic mass is 16.3. The molecule has 2 aromatic rings. The maximum Gasteiger partial charge on any atom is 0.124 e. The SMILES string of the molecule is Nc1cccc(-c2ccc(O)c3c2CCCC3)n1. The second-order valence-corrected chi connectivity index (χ2v) is 4.74. The normalized spacial score (nSPS) is 14.2. The summed E-state index contributed by atoms with van der Waals surface area (Å²) in [5.41, 5.74) is 10.1. The van der Waals surface area contributed by atoms with Crippen LogP contribution < -0.4 is 5.73 Å². The van der Waals surface area contributed by atoms with E-state index in [2.05, 4.69) is 4.98 Å². The highest BCUT2D eigenvalue weighted by Crippen LogP contribution is 2.35. The lowest BCUT2D eigenvalue weighted by atomic mass is 9.86. The smallest absolute Gasteiger partial charge is 0.124 e. The van der Waals surface area contributed by atoms with Gasteiger partial charge in [0.25, 0.3) is 0 Å². The highest BCUT2D eigenvalue weighted by Gasteiger charge is 2.18. The van der Waals surface area contributed by atoms with Gasteiger partial charge >= 0.3 is 0 Å². The maximum absolute atomic E-state index is 9.94. The van der Waals surface area contributed by atoms with Crippen molar-refractivity contribution in [3.8, 4) is 17.0 Å². The first kappa shape index (κ1) is 11.1. The van der Waals surface area contributed by atoms with Gasteiger partial charge in [0.15, 0.2) is 0 Å². The van der Waals surface area contributed by atoms with Crippen molar-refractivity contribution in [3.63, 3.8) is 0 Å². The van der Waals surface area contributed by atoms with E-state index in [4.69, 9.17) is 5.73 Å². The second kappa shape index (κ2) is 4.33. The van der Waals surface area contributed by atoms with E-state index >= 15 is 0 Å². The summed E-state index contributed by atoms with van der Waals surface area (Å²) in [5, 5.41) is 9.94. The zero-order valence-electron chi connectivity index (χ0n) is 10.2. The minimum atomic E-state index is 0.414. The van der Waals surface area contributed by atoms with E-state index in [-0.39, 0.29) is 0 Å². The van der Waals surface area contributed by atoms with E-state index < -0.39 is 0 Å². The third kappa shape index (κ3) is 1.82. The summed E-state index contributed by atoms with van der Waals surface area (Å²) in [6.07, 6.45) is 4.28. The molecular weight excluding hydrogens is 224 g/mol. The standard InChI is InChI=1S/C15H16N2O/c16-15-7-3-6-13(17-15)11-8-9-14(18)12-5-2-1-4-10(11)12/h3,6-9,18H,1-2,4-5H2,(H2,16,17). The average molecular weight is 240 g/mol. The van der Waals surface area contributed by atoms with E-state index in [0.29, 0.717) is 11.6 Å². The molecule has 0 aliphatic heterocycles. The van der Waals surface area contributed by atoms with E-state index in [1.54, 1.807) is 12.1 Å². The van der Waals surface area contributed by atoms with Gasteiger partial charge in [-0.2, -0.15) is 0 Å². The molecule has 18 heavy (non-hydrogen) atoms. The third-order valence-corrected chi connectivity index (χ3v) is 3.56. The van der Waals surface area contributed by atoms with Crippen molar-refractivity contribution in [1.82, 2.24) is 4.98 Å². The minimum Gasteiger partial charge on any atom is -0.508 e. The minimum absolute atomic E-state index is 0.414. The molecular formula is C15H16N2O. The Kier molecular flexibility index (Phi) is 2.67. The Labute approximate surface area is 106 Å². The summed E-state index contributed by atoms with van der Waals surface area (Å²) in [7, 11) is 0. The molecule has 0 spiro atoms. The first-order chi connectivity index (χ1) is 8.75. The number of phenolic OH excluding ortho intramolecular Hbond substituents is 1. The number of nitrogens with zero attached hydrogens (tertiary/aromatic N) is 1. The summed E-state index contributed by atoms with van der Waals surface area (Å²) in [5.74, 6) is 0.947. The Balaban J connectivity index is 2.18. The van der Waals surface area contributed by atoms with Crippen LogP contribution in [0.5, 0.6) is 5.75 Å². The number of hydrogen-bond donors (Lipinski definition) is 2. The fourth-order valence-electron chi connectivity index (χ4n) is 2.69. The number of nitrogens with two attached hydrogens (primary N) is 1. The zero-order valence-corrected chi connectivity index (χ0v) is 10.2. The molecule has 3 N–H and O–H groups in total. The molecule has 0 bridgehead atoms. The van der Waals surface area contributed by atoms with Gasteiger partial charge in [-0.15, -0.1) is 0 Å². The topological polar surface area (TPSA) is 59.1 Å². The number of anilines is 1. The first-order valence-corrected chi connectivity index (χ1v) is 6.32. The van der Waals surface area contributed by atoms with Crippen molar-refractivity contribution in [3.05, 3.63) is 41.5 Å². The molecule has 3 nitrogen and oxygen atoms in total. The molecule has 0 amide bonds. The molecule has 92 valence electrons. The molecule has 0 atom stereocenters. The molecule has 0 saturated heterocycles. The van der Waals surface area contributed by atoms with Crippen LogP contribution in [-0.4, -0.2) is 10.1 Å². The Morgan fingerprint density at radius 2 is 1.78 bits per heavy atom. The lowest BCUT2D eigenvalue weighted by molar-refractivity contribution is 0.462. The largest absolute Gasteiger partial charge is 0.508 e. The Hall–Kier alpha value is -2.03. The van der Waals surface area contributed by atoms with Gasteiger partial charge in [-0.05, 0) is 61.1 Å². The van der Waals surface area contributed by atoms with Crippen LogP contribution in [0.2, 0.25) is 0 Å². The monoisotopic (exact) mass is 240 g/mol. The van der Waals surface area contributed by atoms with Crippen LogP contribution >= 0.6 is 0 Å². The number of pyridine rings is 1. The van der Waals surface area contributed by atoms with Crippen LogP contribution in [-0.2, 0) is 12.8 Å². The van der Waals surface area contributed by atoms with Crippen molar-refractivity contribution < 1.29 is 5.11 Å². The number of fused-ring (bicyclic) bond motifs is 1. The lowest BCUT2D eigenvalue weighted by Crippen LogP contribution is -2.05. The molecule has 3 rings (SSSR count). The molecule has 0 fully saturated rings. The van der Waals surface area contributed by atoms with Crippen molar-refractivity contribution >= 4 is 5.82 Å². The lowest BCUT2D eigenvalue weighted by Gasteiger charge is -2.20. The number of aromatic hydroxyl groups is 1. The number of nitrogen functional groups attached to an aromatic ring is 1. The van der Waals surface area contributed by atoms with Gasteiger partial charge in [0.1, 0.15) is 11.6 Å². The van der Waals surface area contributed by atoms with Crippen LogP contribution in [0.3, 0.4) is 0 Å². The summed E-state index contributed by atoms with van der Waals surface area (Å²) in [4.78, 5) is 4.38. The summed E-state index contributed by atoms with van der Waals surface area (Å²) in [6, 6.07) is 9.39. The summed E-state index contributed by atoms with van der Waals surface area (Å²) in [6.45, 7) is 0. The van der Waals surface area contributed by atoms with Crippen molar-refractivity contribution in [2.45, 2.75) is 25.7 Å². The predicted molar refractivity (Wildman–Crippen MR) is 72.4 cm³/mol. The van der Waals surface area contributed by atoms with Crippen LogP contribution in [0.25, 0.3) is 11.3 Å². The number of phenols is 1. The predicted octanol–water partition coefficient (Wildman–Crippen LogP) is 2.92. The maximum atomic E-state index is 9.94. The fourth-order valence-corrected chi connectivity index (χ4v) is 2.69. The number of hydrogen-bond acceptors (Lipinski definition) is 3. The van der Waals surface area contributed by atoms with E-state index in [9.17, 15) is 5.11 Å². The molecule has 0 unspecified atom stereocenters. The molecule has 1 aromatic carbocycles. The molecule has 0 saturated carbocycles.